The van der Waals surface area contributed by atoms with Crippen LogP contribution < -0.4 is 9.99 Å². The molecule has 0 unspecified atom stereocenters. The molecule has 0 saturated heterocycles. The predicted molar refractivity (Wildman–Crippen MR) is 108 cm³/mol. The van der Waals surface area contributed by atoms with Crippen LogP contribution in [0.2, 0.25) is 0 Å². The van der Waals surface area contributed by atoms with E-state index in [1.807, 2.05) is 0 Å². The Morgan fingerprint density at radius 1 is 1.03 bits per heavy atom. The van der Waals surface area contributed by atoms with E-state index in [1.54, 1.807) is 7.05 Å². The van der Waals surface area contributed by atoms with E-state index in [9.17, 15) is 22.4 Å². The fraction of sp³-hybridized carbons (Fsp3) is 0.263. The van der Waals surface area contributed by atoms with Crippen LogP contribution in [0.25, 0.3) is 11.0 Å². The number of amides is 1. The second-order valence-electron chi connectivity index (χ2n) is 6.80. The van der Waals surface area contributed by atoms with Gasteiger partial charge in [-0.15, -0.1) is 0 Å². The number of carbonyl (C=O) groups excluding carboxylic acids is 1. The van der Waals surface area contributed by atoms with Crippen molar-refractivity contribution in [2.45, 2.75) is 4.90 Å². The average Bonchev–Trinajstić information content (AvgIpc) is 2.90. The van der Waals surface area contributed by atoms with Gasteiger partial charge in [-0.1, -0.05) is 12.1 Å². The topological polar surface area (TPSA) is 84.6 Å². The number of carbonyl (C=O) groups is 1. The molecule has 0 atom stereocenters. The smallest absolute Gasteiger partial charge is 0.328 e. The summed E-state index contributed by atoms with van der Waals surface area (Å²) in [6.45, 7) is -0.567. The van der Waals surface area contributed by atoms with Crippen molar-refractivity contribution in [1.82, 2.24) is 14.0 Å². The first-order valence-corrected chi connectivity index (χ1v) is 10.1. The van der Waals surface area contributed by atoms with Crippen molar-refractivity contribution in [2.75, 3.05) is 24.9 Å². The number of imidazole rings is 1. The quantitative estimate of drug-likeness (QED) is 0.623. The standard InChI is InChI=1S/C19H21FN4O4S/c1-21(2)18(25)12-24(15-8-6-5-7-14(15)20)29(27,28)13-9-10-16-17(11-13)23(4)19(26)22(16)3/h5-11H,12H2,1-4H3. The Balaban J connectivity index is 2.20. The van der Waals surface area contributed by atoms with Gasteiger partial charge in [0.1, 0.15) is 12.4 Å². The molecule has 3 aromatic rings. The highest BCUT2D eigenvalue weighted by atomic mass is 32.2. The Labute approximate surface area is 167 Å². The first-order chi connectivity index (χ1) is 13.6. The van der Waals surface area contributed by atoms with Crippen LogP contribution in [0, 0.1) is 5.82 Å². The molecule has 0 N–H and O–H groups in total. The van der Waals surface area contributed by atoms with Gasteiger partial charge in [0.25, 0.3) is 10.0 Å². The van der Waals surface area contributed by atoms with Crippen molar-refractivity contribution < 1.29 is 17.6 Å². The van der Waals surface area contributed by atoms with Crippen LogP contribution in [-0.2, 0) is 28.9 Å². The van der Waals surface area contributed by atoms with E-state index in [2.05, 4.69) is 0 Å². The third kappa shape index (κ3) is 3.51. The minimum absolute atomic E-state index is 0.152. The zero-order chi connectivity index (χ0) is 21.5. The maximum Gasteiger partial charge on any atom is 0.328 e. The van der Waals surface area contributed by atoms with Crippen molar-refractivity contribution in [1.29, 1.82) is 0 Å². The van der Waals surface area contributed by atoms with Crippen LogP contribution in [0.4, 0.5) is 10.1 Å². The molecule has 0 fully saturated rings. The summed E-state index contributed by atoms with van der Waals surface area (Å²) in [7, 11) is 1.79. The predicted octanol–water partition coefficient (Wildman–Crippen LogP) is 1.30. The highest BCUT2D eigenvalue weighted by Crippen LogP contribution is 2.28. The van der Waals surface area contributed by atoms with Crippen LogP contribution in [-0.4, -0.2) is 49.0 Å². The number of anilines is 1. The molecular formula is C19H21FN4O4S. The molecule has 0 aliphatic heterocycles. The molecule has 2 aromatic carbocycles. The van der Waals surface area contributed by atoms with E-state index in [4.69, 9.17) is 0 Å². The lowest BCUT2D eigenvalue weighted by atomic mass is 10.3. The number of benzene rings is 2. The third-order valence-electron chi connectivity index (χ3n) is 4.73. The normalized spacial score (nSPS) is 11.6. The SMILES string of the molecule is CN(C)C(=O)CN(c1ccccc1F)S(=O)(=O)c1ccc2c(c1)n(C)c(=O)n2C. The zero-order valence-electron chi connectivity index (χ0n) is 16.5. The molecule has 154 valence electrons. The maximum absolute atomic E-state index is 14.4. The number of fused-ring (bicyclic) bond motifs is 1. The summed E-state index contributed by atoms with van der Waals surface area (Å²) in [6, 6.07) is 9.55. The lowest BCUT2D eigenvalue weighted by Crippen LogP contribution is -2.40. The third-order valence-corrected chi connectivity index (χ3v) is 6.49. The fourth-order valence-corrected chi connectivity index (χ4v) is 4.43. The lowest BCUT2D eigenvalue weighted by molar-refractivity contribution is -0.127. The summed E-state index contributed by atoms with van der Waals surface area (Å²) in [5.41, 5.74) is 0.428. The molecule has 0 aliphatic rings. The number of nitrogens with zero attached hydrogens (tertiary/aromatic N) is 4. The molecule has 3 rings (SSSR count). The van der Waals surface area contributed by atoms with Crippen molar-refractivity contribution in [3.05, 3.63) is 58.8 Å². The van der Waals surface area contributed by atoms with Gasteiger partial charge in [0.05, 0.1) is 21.6 Å². The number of hydrogen-bond acceptors (Lipinski definition) is 4. The summed E-state index contributed by atoms with van der Waals surface area (Å²) in [6.07, 6.45) is 0. The van der Waals surface area contributed by atoms with Crippen LogP contribution in [0.15, 0.2) is 52.2 Å². The van der Waals surface area contributed by atoms with Gasteiger partial charge < -0.3 is 4.90 Å². The summed E-state index contributed by atoms with van der Waals surface area (Å²) in [5, 5.41) is 0. The Morgan fingerprint density at radius 3 is 2.28 bits per heavy atom. The molecule has 0 radical (unpaired) electrons. The number of rotatable bonds is 5. The van der Waals surface area contributed by atoms with Gasteiger partial charge in [0.2, 0.25) is 5.91 Å². The number of halogens is 1. The number of sulfonamides is 1. The molecule has 0 saturated carbocycles. The molecule has 1 heterocycles. The van der Waals surface area contributed by atoms with Crippen LogP contribution in [0.3, 0.4) is 0 Å². The second-order valence-corrected chi connectivity index (χ2v) is 8.66. The largest absolute Gasteiger partial charge is 0.347 e. The van der Waals surface area contributed by atoms with Crippen molar-refractivity contribution in [2.24, 2.45) is 14.1 Å². The number of para-hydroxylation sites is 1. The van der Waals surface area contributed by atoms with Gasteiger partial charge in [-0.3, -0.25) is 18.2 Å². The highest BCUT2D eigenvalue weighted by molar-refractivity contribution is 7.92. The van der Waals surface area contributed by atoms with Crippen LogP contribution in [0.1, 0.15) is 0 Å². The van der Waals surface area contributed by atoms with E-state index in [0.717, 1.165) is 10.4 Å². The van der Waals surface area contributed by atoms with Crippen molar-refractivity contribution >= 4 is 32.7 Å². The molecule has 1 amide bonds. The monoisotopic (exact) mass is 420 g/mol. The van der Waals surface area contributed by atoms with E-state index < -0.39 is 28.3 Å². The molecule has 10 heteroatoms. The van der Waals surface area contributed by atoms with E-state index >= 15 is 0 Å². The van der Waals surface area contributed by atoms with Gasteiger partial charge in [0, 0.05) is 28.2 Å². The zero-order valence-corrected chi connectivity index (χ0v) is 17.3. The molecular weight excluding hydrogens is 399 g/mol. The van der Waals surface area contributed by atoms with Gasteiger partial charge in [-0.2, -0.15) is 0 Å². The average molecular weight is 420 g/mol. The second kappa shape index (κ2) is 7.36. The number of aryl methyl sites for hydroxylation is 2. The minimum Gasteiger partial charge on any atom is -0.347 e. The Bertz CT molecular complexity index is 1260. The summed E-state index contributed by atoms with van der Waals surface area (Å²) in [4.78, 5) is 25.5. The Hall–Kier alpha value is -3.14. The van der Waals surface area contributed by atoms with Crippen molar-refractivity contribution in [3.8, 4) is 0 Å². The molecule has 29 heavy (non-hydrogen) atoms. The summed E-state index contributed by atoms with van der Waals surface area (Å²) < 4.78 is 44.7. The Morgan fingerprint density at radius 2 is 1.66 bits per heavy atom. The number of hydrogen-bond donors (Lipinski definition) is 0. The lowest BCUT2D eigenvalue weighted by Gasteiger charge is -2.25. The first kappa shape index (κ1) is 20.6. The maximum atomic E-state index is 14.4. The Kier molecular flexibility index (Phi) is 5.22. The first-order valence-electron chi connectivity index (χ1n) is 8.68. The summed E-state index contributed by atoms with van der Waals surface area (Å²) in [5.74, 6) is -1.28. The van der Waals surface area contributed by atoms with Crippen LogP contribution >= 0.6 is 0 Å². The van der Waals surface area contributed by atoms with E-state index in [0.29, 0.717) is 11.0 Å². The fourth-order valence-electron chi connectivity index (χ4n) is 2.99. The van der Waals surface area contributed by atoms with Gasteiger partial charge in [-0.25, -0.2) is 17.6 Å². The molecule has 1 aromatic heterocycles. The molecule has 0 bridgehead atoms. The minimum atomic E-state index is -4.30. The van der Waals surface area contributed by atoms with E-state index in [1.165, 1.54) is 71.6 Å². The van der Waals surface area contributed by atoms with Gasteiger partial charge in [0.15, 0.2) is 0 Å². The van der Waals surface area contributed by atoms with E-state index in [-0.39, 0.29) is 16.3 Å². The summed E-state index contributed by atoms with van der Waals surface area (Å²) >= 11 is 0. The highest BCUT2D eigenvalue weighted by Gasteiger charge is 2.30. The van der Waals surface area contributed by atoms with Crippen LogP contribution in [0.5, 0.6) is 0 Å². The number of aromatic nitrogens is 2. The number of likely N-dealkylation sites (N-methyl/N-ethyl adjacent to an activating group) is 1. The van der Waals surface area contributed by atoms with Crippen molar-refractivity contribution in [3.63, 3.8) is 0 Å². The molecule has 0 spiro atoms. The molecule has 0 aliphatic carbocycles. The van der Waals surface area contributed by atoms with Gasteiger partial charge >= 0.3 is 5.69 Å². The molecule has 8 nitrogen and oxygen atoms in total. The van der Waals surface area contributed by atoms with Gasteiger partial charge in [-0.05, 0) is 30.3 Å².